The Kier molecular flexibility index (Phi) is 7.31. The van der Waals surface area contributed by atoms with Gasteiger partial charge in [0.15, 0.2) is 0 Å². The van der Waals surface area contributed by atoms with Crippen LogP contribution in [0.4, 0.5) is 4.79 Å². The van der Waals surface area contributed by atoms with Gasteiger partial charge in [-0.25, -0.2) is 4.79 Å². The van der Waals surface area contributed by atoms with Crippen LogP contribution in [0, 0.1) is 0 Å². The second-order valence-electron chi connectivity index (χ2n) is 5.92. The smallest absolute Gasteiger partial charge is 0.408 e. The van der Waals surface area contributed by atoms with Crippen molar-refractivity contribution in [3.63, 3.8) is 0 Å². The summed E-state index contributed by atoms with van der Waals surface area (Å²) in [6.45, 7) is 7.64. The van der Waals surface area contributed by atoms with Crippen LogP contribution >= 0.6 is 11.8 Å². The van der Waals surface area contributed by atoms with Gasteiger partial charge in [0.25, 0.3) is 0 Å². The van der Waals surface area contributed by atoms with Gasteiger partial charge in [0.1, 0.15) is 11.6 Å². The lowest BCUT2D eigenvalue weighted by Crippen LogP contribution is -2.52. The molecule has 1 aliphatic heterocycles. The number of ether oxygens (including phenoxy) is 2. The lowest BCUT2D eigenvalue weighted by molar-refractivity contribution is -0.137. The van der Waals surface area contributed by atoms with E-state index in [0.717, 1.165) is 5.75 Å². The molecule has 0 aromatic heterocycles. The Bertz CT molecular complexity index is 351. The van der Waals surface area contributed by atoms with Crippen LogP contribution in [0.2, 0.25) is 0 Å². The molecule has 7 heteroatoms. The number of carbonyl (C=O) groups is 2. The van der Waals surface area contributed by atoms with E-state index in [0.29, 0.717) is 32.7 Å². The summed E-state index contributed by atoms with van der Waals surface area (Å²) in [6, 6.07) is -0.537. The molecule has 0 bridgehead atoms. The number of carbonyl (C=O) groups excluding carboxylic acids is 2. The van der Waals surface area contributed by atoms with Gasteiger partial charge in [-0.05, 0) is 39.2 Å². The molecule has 1 N–H and O–H groups in total. The molecular weight excluding hydrogens is 292 g/mol. The number of alkyl carbamates (subject to hydrolysis) is 1. The first-order valence-electron chi connectivity index (χ1n) is 7.18. The fourth-order valence-corrected chi connectivity index (χ4v) is 2.42. The van der Waals surface area contributed by atoms with Crippen LogP contribution in [-0.2, 0) is 14.3 Å². The van der Waals surface area contributed by atoms with E-state index in [4.69, 9.17) is 9.47 Å². The van der Waals surface area contributed by atoms with Crippen molar-refractivity contribution in [2.45, 2.75) is 38.8 Å². The van der Waals surface area contributed by atoms with Crippen molar-refractivity contribution in [1.29, 1.82) is 0 Å². The summed E-state index contributed by atoms with van der Waals surface area (Å²) in [4.78, 5) is 26.1. The third-order valence-electron chi connectivity index (χ3n) is 2.92. The molecule has 1 heterocycles. The summed E-state index contributed by atoms with van der Waals surface area (Å²) >= 11 is 1.65. The van der Waals surface area contributed by atoms with E-state index < -0.39 is 17.7 Å². The molecule has 122 valence electrons. The number of nitrogens with one attached hydrogen (secondary N) is 1. The van der Waals surface area contributed by atoms with Crippen molar-refractivity contribution in [3.05, 3.63) is 0 Å². The van der Waals surface area contributed by atoms with E-state index in [1.165, 1.54) is 0 Å². The highest BCUT2D eigenvalue weighted by Crippen LogP contribution is 2.10. The van der Waals surface area contributed by atoms with Crippen molar-refractivity contribution in [3.8, 4) is 0 Å². The molecule has 0 saturated carbocycles. The Balaban J connectivity index is 2.61. The van der Waals surface area contributed by atoms with Crippen LogP contribution in [-0.4, -0.2) is 66.9 Å². The molecule has 1 rings (SSSR count). The predicted octanol–water partition coefficient (Wildman–Crippen LogP) is 1.49. The largest absolute Gasteiger partial charge is 0.444 e. The summed E-state index contributed by atoms with van der Waals surface area (Å²) < 4.78 is 10.5. The van der Waals surface area contributed by atoms with E-state index in [2.05, 4.69) is 5.32 Å². The molecule has 0 aliphatic carbocycles. The minimum atomic E-state index is -0.573. The molecule has 0 aromatic rings. The average Bonchev–Trinajstić information content (AvgIpc) is 2.41. The van der Waals surface area contributed by atoms with Gasteiger partial charge < -0.3 is 19.7 Å². The Labute approximate surface area is 130 Å². The standard InChI is InChI=1S/C14H26N2O4S/c1-14(2,3)20-13(18)15-11(5-10-21-4)12(17)16-6-8-19-9-7-16/h11H,5-10H2,1-4H3,(H,15,18)/t11-/m0/s1. The van der Waals surface area contributed by atoms with E-state index in [1.807, 2.05) is 6.26 Å². The monoisotopic (exact) mass is 318 g/mol. The normalized spacial score (nSPS) is 17.2. The first kappa shape index (κ1) is 18.1. The summed E-state index contributed by atoms with van der Waals surface area (Å²) in [5.74, 6) is 0.745. The van der Waals surface area contributed by atoms with Crippen LogP contribution in [0.5, 0.6) is 0 Å². The van der Waals surface area contributed by atoms with Crippen molar-refractivity contribution in [2.75, 3.05) is 38.3 Å². The zero-order valence-electron chi connectivity index (χ0n) is 13.3. The van der Waals surface area contributed by atoms with Crippen molar-refractivity contribution < 1.29 is 19.1 Å². The predicted molar refractivity (Wildman–Crippen MR) is 83.6 cm³/mol. The van der Waals surface area contributed by atoms with Gasteiger partial charge in [-0.2, -0.15) is 11.8 Å². The number of nitrogens with zero attached hydrogens (tertiary/aromatic N) is 1. The Morgan fingerprint density at radius 3 is 2.48 bits per heavy atom. The zero-order valence-corrected chi connectivity index (χ0v) is 14.1. The van der Waals surface area contributed by atoms with Gasteiger partial charge in [0.2, 0.25) is 5.91 Å². The summed E-state index contributed by atoms with van der Waals surface area (Å²) in [5.41, 5.74) is -0.573. The van der Waals surface area contributed by atoms with Crippen LogP contribution in [0.15, 0.2) is 0 Å². The molecule has 2 amide bonds. The van der Waals surface area contributed by atoms with E-state index in [9.17, 15) is 9.59 Å². The highest BCUT2D eigenvalue weighted by molar-refractivity contribution is 7.98. The quantitative estimate of drug-likeness (QED) is 0.832. The van der Waals surface area contributed by atoms with Gasteiger partial charge in [-0.1, -0.05) is 0 Å². The van der Waals surface area contributed by atoms with Crippen LogP contribution in [0.3, 0.4) is 0 Å². The highest BCUT2D eigenvalue weighted by Gasteiger charge is 2.28. The highest BCUT2D eigenvalue weighted by atomic mass is 32.2. The lowest BCUT2D eigenvalue weighted by atomic mass is 10.2. The fraction of sp³-hybridized carbons (Fsp3) is 0.857. The van der Waals surface area contributed by atoms with E-state index in [1.54, 1.807) is 37.4 Å². The second-order valence-corrected chi connectivity index (χ2v) is 6.90. The van der Waals surface area contributed by atoms with Crippen LogP contribution in [0.1, 0.15) is 27.2 Å². The minimum Gasteiger partial charge on any atom is -0.444 e. The number of morpholine rings is 1. The van der Waals surface area contributed by atoms with Crippen molar-refractivity contribution in [1.82, 2.24) is 10.2 Å². The first-order valence-corrected chi connectivity index (χ1v) is 8.58. The number of hydrogen-bond acceptors (Lipinski definition) is 5. The molecule has 1 aliphatic rings. The Hall–Kier alpha value is -0.950. The molecule has 1 fully saturated rings. The summed E-state index contributed by atoms with van der Waals surface area (Å²) in [7, 11) is 0. The topological polar surface area (TPSA) is 67.9 Å². The fourth-order valence-electron chi connectivity index (χ4n) is 1.95. The Morgan fingerprint density at radius 1 is 1.33 bits per heavy atom. The lowest BCUT2D eigenvalue weighted by Gasteiger charge is -2.31. The first-order chi connectivity index (χ1) is 9.83. The minimum absolute atomic E-state index is 0.0572. The van der Waals surface area contributed by atoms with E-state index >= 15 is 0 Å². The van der Waals surface area contributed by atoms with Crippen molar-refractivity contribution >= 4 is 23.8 Å². The zero-order chi connectivity index (χ0) is 15.9. The van der Waals surface area contributed by atoms with Crippen LogP contribution in [0.25, 0.3) is 0 Å². The molecule has 1 saturated heterocycles. The third-order valence-corrected chi connectivity index (χ3v) is 3.57. The summed E-state index contributed by atoms with van der Waals surface area (Å²) in [5, 5.41) is 2.70. The Morgan fingerprint density at radius 2 is 1.95 bits per heavy atom. The molecule has 21 heavy (non-hydrogen) atoms. The number of amides is 2. The van der Waals surface area contributed by atoms with Gasteiger partial charge in [0.05, 0.1) is 13.2 Å². The molecular formula is C14H26N2O4S. The molecule has 1 atom stereocenters. The molecule has 0 aromatic carbocycles. The number of hydrogen-bond donors (Lipinski definition) is 1. The summed E-state index contributed by atoms with van der Waals surface area (Å²) in [6.07, 6.45) is 2.02. The number of thioether (sulfide) groups is 1. The maximum absolute atomic E-state index is 12.5. The van der Waals surface area contributed by atoms with Gasteiger partial charge in [-0.15, -0.1) is 0 Å². The maximum atomic E-state index is 12.5. The third kappa shape index (κ3) is 7.04. The van der Waals surface area contributed by atoms with E-state index in [-0.39, 0.29) is 5.91 Å². The SMILES string of the molecule is CSCC[C@H](NC(=O)OC(C)(C)C)C(=O)N1CCOCC1. The van der Waals surface area contributed by atoms with Gasteiger partial charge in [-0.3, -0.25) is 4.79 Å². The average molecular weight is 318 g/mol. The van der Waals surface area contributed by atoms with Crippen molar-refractivity contribution in [2.24, 2.45) is 0 Å². The van der Waals surface area contributed by atoms with Gasteiger partial charge >= 0.3 is 6.09 Å². The molecule has 0 unspecified atom stereocenters. The molecule has 6 nitrogen and oxygen atoms in total. The molecule has 0 radical (unpaired) electrons. The van der Waals surface area contributed by atoms with Crippen LogP contribution < -0.4 is 5.32 Å². The second kappa shape index (κ2) is 8.48. The number of rotatable bonds is 5. The maximum Gasteiger partial charge on any atom is 0.408 e. The van der Waals surface area contributed by atoms with Gasteiger partial charge in [0, 0.05) is 13.1 Å². The molecule has 0 spiro atoms.